The van der Waals surface area contributed by atoms with Gasteiger partial charge in [0.25, 0.3) is 5.91 Å². The van der Waals surface area contributed by atoms with Gasteiger partial charge in [-0.1, -0.05) is 55.5 Å². The third-order valence-corrected chi connectivity index (χ3v) is 8.14. The van der Waals surface area contributed by atoms with Crippen LogP contribution in [0.1, 0.15) is 53.7 Å². The lowest BCUT2D eigenvalue weighted by Crippen LogP contribution is -2.37. The molecule has 2 fully saturated rings. The van der Waals surface area contributed by atoms with Gasteiger partial charge in [-0.15, -0.1) is 0 Å². The Hall–Kier alpha value is -3.39. The molecular weight excluding hydrogens is 500 g/mol. The van der Waals surface area contributed by atoms with E-state index in [1.807, 2.05) is 42.3 Å². The molecule has 3 aromatic rings. The van der Waals surface area contributed by atoms with Crippen LogP contribution in [0.2, 0.25) is 0 Å². The van der Waals surface area contributed by atoms with Gasteiger partial charge in [-0.3, -0.25) is 9.63 Å². The summed E-state index contributed by atoms with van der Waals surface area (Å²) in [6.07, 6.45) is 3.22. The molecule has 0 aliphatic carbocycles. The fourth-order valence-electron chi connectivity index (χ4n) is 5.73. The fraction of sp³-hybridized carbons (Fsp3) is 0.424. The molecule has 2 aliphatic heterocycles. The number of rotatable bonds is 10. The monoisotopic (exact) mass is 542 g/mol. The molecule has 3 aromatic carbocycles. The van der Waals surface area contributed by atoms with Gasteiger partial charge in [0.2, 0.25) is 0 Å². The van der Waals surface area contributed by atoms with Gasteiger partial charge in [0.05, 0.1) is 20.3 Å². The van der Waals surface area contributed by atoms with Crippen molar-refractivity contribution in [3.8, 4) is 16.9 Å². The van der Waals surface area contributed by atoms with E-state index < -0.39 is 0 Å². The number of hydroxylamine groups is 2. The van der Waals surface area contributed by atoms with Crippen LogP contribution in [0.3, 0.4) is 0 Å². The first kappa shape index (κ1) is 28.1. The average Bonchev–Trinajstić information content (AvgIpc) is 3.65. The number of nitrogens with zero attached hydrogens (tertiary/aromatic N) is 2. The van der Waals surface area contributed by atoms with Gasteiger partial charge in [-0.05, 0) is 54.5 Å². The zero-order valence-electron chi connectivity index (χ0n) is 24.2. The third kappa shape index (κ3) is 6.49. The highest BCUT2D eigenvalue weighted by atomic mass is 16.7. The second-order valence-corrected chi connectivity index (χ2v) is 11.2. The summed E-state index contributed by atoms with van der Waals surface area (Å²) in [6, 6.07) is 23.4. The first-order chi connectivity index (χ1) is 19.4. The molecule has 40 heavy (non-hydrogen) atoms. The molecule has 2 heterocycles. The molecule has 5 rings (SSSR count). The molecular formula is C33H42N4O3. The van der Waals surface area contributed by atoms with Crippen LogP contribution in [0.15, 0.2) is 66.7 Å². The van der Waals surface area contributed by atoms with E-state index in [2.05, 4.69) is 66.1 Å². The molecule has 2 saturated heterocycles. The Bertz CT molecular complexity index is 1300. The Balaban J connectivity index is 1.33. The number of benzene rings is 3. The molecule has 2 N–H and O–H groups in total. The minimum atomic E-state index is -0.0684. The van der Waals surface area contributed by atoms with E-state index in [1.165, 1.54) is 5.56 Å². The number of ether oxygens (including phenoxy) is 1. The quantitative estimate of drug-likeness (QED) is 0.357. The van der Waals surface area contributed by atoms with E-state index in [-0.39, 0.29) is 11.9 Å². The van der Waals surface area contributed by atoms with Crippen molar-refractivity contribution >= 4 is 11.6 Å². The van der Waals surface area contributed by atoms with Crippen LogP contribution in [0.5, 0.6) is 5.75 Å². The lowest BCUT2D eigenvalue weighted by Gasteiger charge is -2.21. The summed E-state index contributed by atoms with van der Waals surface area (Å²) in [7, 11) is 5.70. The van der Waals surface area contributed by atoms with Gasteiger partial charge in [0.15, 0.2) is 0 Å². The van der Waals surface area contributed by atoms with Crippen molar-refractivity contribution in [1.29, 1.82) is 0 Å². The Morgan fingerprint density at radius 3 is 2.65 bits per heavy atom. The minimum absolute atomic E-state index is 0.0684. The van der Waals surface area contributed by atoms with Crippen molar-refractivity contribution in [3.05, 3.63) is 83.4 Å². The first-order valence-electron chi connectivity index (χ1n) is 14.4. The number of carbonyl (C=O) groups is 1. The van der Waals surface area contributed by atoms with Crippen molar-refractivity contribution in [2.24, 2.45) is 5.92 Å². The second-order valence-electron chi connectivity index (χ2n) is 11.2. The van der Waals surface area contributed by atoms with E-state index in [4.69, 9.17) is 9.57 Å². The second kappa shape index (κ2) is 12.9. The highest BCUT2D eigenvalue weighted by Gasteiger charge is 2.26. The highest BCUT2D eigenvalue weighted by Crippen LogP contribution is 2.37. The molecule has 1 amide bonds. The molecule has 0 spiro atoms. The number of carbonyl (C=O) groups excluding carboxylic acids is 1. The topological polar surface area (TPSA) is 66.1 Å². The van der Waals surface area contributed by atoms with E-state index in [0.717, 1.165) is 60.5 Å². The molecule has 0 bridgehead atoms. The lowest BCUT2D eigenvalue weighted by atomic mass is 9.98. The summed E-state index contributed by atoms with van der Waals surface area (Å²) in [5, 5.41) is 8.90. The van der Waals surface area contributed by atoms with Crippen molar-refractivity contribution < 1.29 is 14.4 Å². The zero-order valence-corrected chi connectivity index (χ0v) is 24.2. The van der Waals surface area contributed by atoms with Crippen LogP contribution in [-0.4, -0.2) is 57.9 Å². The molecule has 7 nitrogen and oxygen atoms in total. The normalized spacial score (nSPS) is 20.9. The van der Waals surface area contributed by atoms with Gasteiger partial charge < -0.3 is 20.3 Å². The van der Waals surface area contributed by atoms with Crippen molar-refractivity contribution in [2.75, 3.05) is 45.8 Å². The number of anilines is 1. The summed E-state index contributed by atoms with van der Waals surface area (Å²) in [4.78, 5) is 21.4. The molecule has 0 radical (unpaired) electrons. The molecule has 2 aliphatic rings. The van der Waals surface area contributed by atoms with Crippen molar-refractivity contribution in [3.63, 3.8) is 0 Å². The van der Waals surface area contributed by atoms with Gasteiger partial charge in [-0.2, -0.15) is 5.06 Å². The van der Waals surface area contributed by atoms with Crippen LogP contribution < -0.4 is 20.3 Å². The molecule has 0 aromatic heterocycles. The van der Waals surface area contributed by atoms with Crippen LogP contribution in [0.25, 0.3) is 11.1 Å². The number of para-hydroxylation sites is 1. The number of methoxy groups -OCH3 is 1. The number of amides is 1. The number of nitrogens with one attached hydrogen (secondary N) is 2. The molecule has 7 heteroatoms. The van der Waals surface area contributed by atoms with Crippen molar-refractivity contribution in [2.45, 2.75) is 44.8 Å². The summed E-state index contributed by atoms with van der Waals surface area (Å²) in [5.41, 5.74) is 5.89. The molecule has 0 saturated carbocycles. The maximum atomic E-state index is 13.4. The number of hydrogen-bond donors (Lipinski definition) is 2. The maximum Gasteiger partial charge on any atom is 0.251 e. The van der Waals surface area contributed by atoms with E-state index in [0.29, 0.717) is 30.6 Å². The molecule has 3 atom stereocenters. The summed E-state index contributed by atoms with van der Waals surface area (Å²) >= 11 is 0. The third-order valence-electron chi connectivity index (χ3n) is 8.14. The highest BCUT2D eigenvalue weighted by molar-refractivity contribution is 5.97. The minimum Gasteiger partial charge on any atom is -0.496 e. The first-order valence-corrected chi connectivity index (χ1v) is 14.4. The summed E-state index contributed by atoms with van der Waals surface area (Å²) < 4.78 is 5.95. The molecule has 0 unspecified atom stereocenters. The predicted octanol–water partition coefficient (Wildman–Crippen LogP) is 5.42. The Morgan fingerprint density at radius 1 is 1.10 bits per heavy atom. The van der Waals surface area contributed by atoms with Crippen LogP contribution in [0, 0.1) is 5.92 Å². The van der Waals surface area contributed by atoms with Gasteiger partial charge in [0, 0.05) is 61.6 Å². The van der Waals surface area contributed by atoms with Crippen LogP contribution >= 0.6 is 0 Å². The van der Waals surface area contributed by atoms with E-state index >= 15 is 0 Å². The van der Waals surface area contributed by atoms with Gasteiger partial charge >= 0.3 is 0 Å². The van der Waals surface area contributed by atoms with Gasteiger partial charge in [0.1, 0.15) is 5.75 Å². The lowest BCUT2D eigenvalue weighted by molar-refractivity contribution is -0.117. The standard InChI is InChI=1S/C33H42N4O3/c1-5-23-20-37(40-22-23)21-25-12-9-13-30(32(25)39-4)26-16-27(18-29(17-26)36(2)3)33(38)34-19-28-14-15-31(35-28)24-10-7-6-8-11-24/h6-13,16-18,23,28,31,35H,5,14-15,19-22H2,1-4H3,(H,34,38)/t23-,28-,31+/m1/s1. The predicted molar refractivity (Wildman–Crippen MR) is 161 cm³/mol. The van der Waals surface area contributed by atoms with Crippen molar-refractivity contribution in [1.82, 2.24) is 15.7 Å². The van der Waals surface area contributed by atoms with Crippen LogP contribution in [0.4, 0.5) is 5.69 Å². The Morgan fingerprint density at radius 2 is 1.93 bits per heavy atom. The maximum absolute atomic E-state index is 13.4. The van der Waals surface area contributed by atoms with Crippen LogP contribution in [-0.2, 0) is 11.4 Å². The number of hydrogen-bond acceptors (Lipinski definition) is 6. The largest absolute Gasteiger partial charge is 0.496 e. The average molecular weight is 543 g/mol. The smallest absolute Gasteiger partial charge is 0.251 e. The Labute approximate surface area is 238 Å². The SMILES string of the molecule is CC[C@H]1CON(Cc2cccc(-c3cc(C(=O)NC[C@H]4CC[C@@H](c5ccccc5)N4)cc(N(C)C)c3)c2OC)C1. The van der Waals surface area contributed by atoms with E-state index in [9.17, 15) is 4.79 Å². The van der Waals surface area contributed by atoms with Gasteiger partial charge in [-0.25, -0.2) is 0 Å². The molecule has 212 valence electrons. The Kier molecular flexibility index (Phi) is 9.04. The van der Waals surface area contributed by atoms with E-state index in [1.54, 1.807) is 7.11 Å². The zero-order chi connectivity index (χ0) is 28.1. The summed E-state index contributed by atoms with van der Waals surface area (Å²) in [5.74, 6) is 1.31. The fourth-order valence-corrected chi connectivity index (χ4v) is 5.73. The summed E-state index contributed by atoms with van der Waals surface area (Å²) in [6.45, 7) is 5.15.